The minimum absolute atomic E-state index is 0.0709. The van der Waals surface area contributed by atoms with E-state index in [9.17, 15) is 0 Å². The summed E-state index contributed by atoms with van der Waals surface area (Å²) in [6.45, 7) is 3.29. The van der Waals surface area contributed by atoms with Gasteiger partial charge in [0.1, 0.15) is 0 Å². The van der Waals surface area contributed by atoms with Crippen LogP contribution in [0.15, 0.2) is 60.7 Å². The molecule has 3 atom stereocenters. The second kappa shape index (κ2) is 8.69. The summed E-state index contributed by atoms with van der Waals surface area (Å²) in [7, 11) is 0. The van der Waals surface area contributed by atoms with Gasteiger partial charge in [-0.3, -0.25) is 4.90 Å². The zero-order valence-electron chi connectivity index (χ0n) is 14.6. The molecule has 1 aliphatic heterocycles. The van der Waals surface area contributed by atoms with Crippen molar-refractivity contribution < 1.29 is 0 Å². The van der Waals surface area contributed by atoms with E-state index in [1.807, 2.05) is 0 Å². The predicted molar refractivity (Wildman–Crippen MR) is 103 cm³/mol. The lowest BCUT2D eigenvalue weighted by molar-refractivity contribution is 0.169. The van der Waals surface area contributed by atoms with Crippen LogP contribution in [0.25, 0.3) is 0 Å². The van der Waals surface area contributed by atoms with Crippen LogP contribution in [0.3, 0.4) is 0 Å². The molecule has 1 nitrogen and oxygen atoms in total. The Kier molecular flexibility index (Phi) is 6.34. The number of benzene rings is 2. The second-order valence-corrected chi connectivity index (χ2v) is 7.38. The first-order valence-corrected chi connectivity index (χ1v) is 9.72. The smallest absolute Gasteiger partial charge is 0.0740 e. The van der Waals surface area contributed by atoms with Crippen molar-refractivity contribution in [3.8, 4) is 0 Å². The van der Waals surface area contributed by atoms with Gasteiger partial charge in [0.25, 0.3) is 0 Å². The van der Waals surface area contributed by atoms with Crippen LogP contribution >= 0.6 is 11.6 Å². The SMILES string of the molecule is CCCCC1CCC(C(Cl)c2ccccc2)N1Cc1ccccc1. The predicted octanol–water partition coefficient (Wildman–Crippen LogP) is 6.19. The van der Waals surface area contributed by atoms with Crippen LogP contribution in [0.5, 0.6) is 0 Å². The zero-order valence-corrected chi connectivity index (χ0v) is 15.3. The Morgan fingerprint density at radius 3 is 2.33 bits per heavy atom. The average molecular weight is 342 g/mol. The summed E-state index contributed by atoms with van der Waals surface area (Å²) in [5.41, 5.74) is 2.64. The van der Waals surface area contributed by atoms with E-state index in [-0.39, 0.29) is 5.38 Å². The van der Waals surface area contributed by atoms with E-state index in [1.54, 1.807) is 0 Å². The molecule has 2 aromatic carbocycles. The molecule has 0 N–H and O–H groups in total. The second-order valence-electron chi connectivity index (χ2n) is 6.91. The molecule has 1 saturated heterocycles. The van der Waals surface area contributed by atoms with Crippen molar-refractivity contribution in [3.63, 3.8) is 0 Å². The average Bonchev–Trinajstić information content (AvgIpc) is 3.03. The van der Waals surface area contributed by atoms with Crippen molar-refractivity contribution in [3.05, 3.63) is 71.8 Å². The Morgan fingerprint density at radius 1 is 1.00 bits per heavy atom. The third-order valence-electron chi connectivity index (χ3n) is 5.25. The number of nitrogens with zero attached hydrogens (tertiary/aromatic N) is 1. The number of hydrogen-bond acceptors (Lipinski definition) is 1. The van der Waals surface area contributed by atoms with E-state index >= 15 is 0 Å². The molecule has 0 spiro atoms. The molecule has 1 fully saturated rings. The summed E-state index contributed by atoms with van der Waals surface area (Å²) in [6.07, 6.45) is 6.33. The van der Waals surface area contributed by atoms with E-state index < -0.39 is 0 Å². The molecule has 128 valence electrons. The lowest BCUT2D eigenvalue weighted by Gasteiger charge is -2.33. The maximum atomic E-state index is 6.93. The fourth-order valence-electron chi connectivity index (χ4n) is 3.93. The molecule has 3 rings (SSSR count). The maximum Gasteiger partial charge on any atom is 0.0740 e. The molecular formula is C22H28ClN. The third kappa shape index (κ3) is 4.20. The standard InChI is InChI=1S/C22H28ClN/c1-2-3-14-20-15-16-21(22(23)19-12-8-5-9-13-19)24(20)17-18-10-6-4-7-11-18/h4-13,20-22H,2-3,14-17H2,1H3. The molecule has 1 aliphatic rings. The Labute approximate surface area is 151 Å². The van der Waals surface area contributed by atoms with Crippen molar-refractivity contribution in [2.45, 2.75) is 63.0 Å². The molecule has 0 amide bonds. The van der Waals surface area contributed by atoms with Crippen LogP contribution in [-0.2, 0) is 6.54 Å². The number of unbranched alkanes of at least 4 members (excludes halogenated alkanes) is 1. The van der Waals surface area contributed by atoms with Crippen LogP contribution in [0.1, 0.15) is 55.5 Å². The van der Waals surface area contributed by atoms with E-state index in [0.717, 1.165) is 6.54 Å². The van der Waals surface area contributed by atoms with Crippen molar-refractivity contribution >= 4 is 11.6 Å². The van der Waals surface area contributed by atoms with Gasteiger partial charge in [-0.1, -0.05) is 80.4 Å². The highest BCUT2D eigenvalue weighted by Crippen LogP contribution is 2.39. The molecule has 2 heteroatoms. The van der Waals surface area contributed by atoms with E-state index in [1.165, 1.54) is 43.2 Å². The number of rotatable bonds is 7. The van der Waals surface area contributed by atoms with Gasteiger partial charge in [-0.05, 0) is 30.4 Å². The Morgan fingerprint density at radius 2 is 1.67 bits per heavy atom. The van der Waals surface area contributed by atoms with Crippen molar-refractivity contribution in [2.24, 2.45) is 0 Å². The van der Waals surface area contributed by atoms with Crippen LogP contribution in [0, 0.1) is 0 Å². The van der Waals surface area contributed by atoms with Gasteiger partial charge >= 0.3 is 0 Å². The lowest BCUT2D eigenvalue weighted by atomic mass is 10.0. The molecule has 0 aliphatic carbocycles. The first-order chi connectivity index (χ1) is 11.8. The lowest BCUT2D eigenvalue weighted by Crippen LogP contribution is -2.37. The van der Waals surface area contributed by atoms with Gasteiger partial charge in [-0.2, -0.15) is 0 Å². The van der Waals surface area contributed by atoms with Crippen LogP contribution in [0.4, 0.5) is 0 Å². The van der Waals surface area contributed by atoms with Crippen molar-refractivity contribution in [2.75, 3.05) is 0 Å². The fourth-order valence-corrected chi connectivity index (χ4v) is 4.35. The highest BCUT2D eigenvalue weighted by molar-refractivity contribution is 6.21. The van der Waals surface area contributed by atoms with Gasteiger partial charge in [0.2, 0.25) is 0 Å². The van der Waals surface area contributed by atoms with Gasteiger partial charge in [0, 0.05) is 18.6 Å². The maximum absolute atomic E-state index is 6.93. The molecule has 24 heavy (non-hydrogen) atoms. The molecule has 0 saturated carbocycles. The normalized spacial score (nSPS) is 22.6. The summed E-state index contributed by atoms with van der Waals surface area (Å²) < 4.78 is 0. The number of alkyl halides is 1. The Bertz CT molecular complexity index is 598. The van der Waals surface area contributed by atoms with Gasteiger partial charge in [0.05, 0.1) is 5.38 Å². The molecule has 2 aromatic rings. The highest BCUT2D eigenvalue weighted by Gasteiger charge is 2.37. The van der Waals surface area contributed by atoms with E-state index in [0.29, 0.717) is 12.1 Å². The summed E-state index contributed by atoms with van der Waals surface area (Å²) >= 11 is 6.93. The molecule has 0 aromatic heterocycles. The summed E-state index contributed by atoms with van der Waals surface area (Å²) in [4.78, 5) is 2.68. The van der Waals surface area contributed by atoms with Crippen LogP contribution < -0.4 is 0 Å². The van der Waals surface area contributed by atoms with Gasteiger partial charge in [-0.25, -0.2) is 0 Å². The van der Waals surface area contributed by atoms with Crippen LogP contribution in [-0.4, -0.2) is 17.0 Å². The zero-order chi connectivity index (χ0) is 16.8. The summed E-state index contributed by atoms with van der Waals surface area (Å²) in [6, 6.07) is 22.5. The molecular weight excluding hydrogens is 314 g/mol. The summed E-state index contributed by atoms with van der Waals surface area (Å²) in [5.74, 6) is 0. The summed E-state index contributed by atoms with van der Waals surface area (Å²) in [5, 5.41) is 0.0709. The number of likely N-dealkylation sites (tertiary alicyclic amines) is 1. The van der Waals surface area contributed by atoms with Gasteiger partial charge in [0.15, 0.2) is 0 Å². The largest absolute Gasteiger partial charge is 0.291 e. The van der Waals surface area contributed by atoms with E-state index in [2.05, 4.69) is 72.5 Å². The molecule has 0 bridgehead atoms. The molecule has 1 heterocycles. The minimum atomic E-state index is 0.0709. The Balaban J connectivity index is 1.78. The third-order valence-corrected chi connectivity index (χ3v) is 5.79. The van der Waals surface area contributed by atoms with Gasteiger partial charge in [-0.15, -0.1) is 11.6 Å². The Hall–Kier alpha value is -1.31. The fraction of sp³-hybridized carbons (Fsp3) is 0.455. The number of halogens is 1. The van der Waals surface area contributed by atoms with E-state index in [4.69, 9.17) is 11.6 Å². The number of hydrogen-bond donors (Lipinski definition) is 0. The quantitative estimate of drug-likeness (QED) is 0.543. The van der Waals surface area contributed by atoms with Crippen LogP contribution in [0.2, 0.25) is 0 Å². The first-order valence-electron chi connectivity index (χ1n) is 9.28. The first kappa shape index (κ1) is 17.5. The molecule has 3 unspecified atom stereocenters. The highest BCUT2D eigenvalue weighted by atomic mass is 35.5. The monoisotopic (exact) mass is 341 g/mol. The topological polar surface area (TPSA) is 3.24 Å². The molecule has 0 radical (unpaired) electrons. The van der Waals surface area contributed by atoms with Crippen molar-refractivity contribution in [1.29, 1.82) is 0 Å². The van der Waals surface area contributed by atoms with Gasteiger partial charge < -0.3 is 0 Å². The minimum Gasteiger partial charge on any atom is -0.291 e. The van der Waals surface area contributed by atoms with Crippen molar-refractivity contribution in [1.82, 2.24) is 4.90 Å².